The van der Waals surface area contributed by atoms with Crippen LogP contribution in [0, 0.1) is 20.8 Å². The van der Waals surface area contributed by atoms with Gasteiger partial charge in [-0.25, -0.2) is 0 Å². The Bertz CT molecular complexity index is 861. The second-order valence-corrected chi connectivity index (χ2v) is 7.85. The lowest BCUT2D eigenvalue weighted by Crippen LogP contribution is -2.50. The second-order valence-electron chi connectivity index (χ2n) is 7.85. The standard InChI is InChI=1S/C24H32N2O3/c1-16(2)25-24(28)20(6)26(14-21-10-8-7-9-18(21)4)23(27)15-29-22-12-11-17(3)13-19(22)5/h7-13,16,20H,14-15H2,1-6H3,(H,25,28). The minimum atomic E-state index is -0.604. The fraction of sp³-hybridized carbons (Fsp3) is 0.417. The van der Waals surface area contributed by atoms with E-state index in [2.05, 4.69) is 5.32 Å². The molecule has 5 nitrogen and oxygen atoms in total. The highest BCUT2D eigenvalue weighted by atomic mass is 16.5. The summed E-state index contributed by atoms with van der Waals surface area (Å²) in [5.74, 6) is 0.284. The summed E-state index contributed by atoms with van der Waals surface area (Å²) in [6, 6.07) is 13.1. The quantitative estimate of drug-likeness (QED) is 0.735. The highest BCUT2D eigenvalue weighted by Crippen LogP contribution is 2.19. The molecule has 0 bridgehead atoms. The molecule has 156 valence electrons. The van der Waals surface area contributed by atoms with Crippen molar-refractivity contribution in [3.8, 4) is 5.75 Å². The van der Waals surface area contributed by atoms with Gasteiger partial charge in [0.25, 0.3) is 5.91 Å². The Kier molecular flexibility index (Phi) is 7.82. The number of carbonyl (C=O) groups is 2. The summed E-state index contributed by atoms with van der Waals surface area (Å²) < 4.78 is 5.79. The van der Waals surface area contributed by atoms with Gasteiger partial charge in [0.1, 0.15) is 11.8 Å². The second kappa shape index (κ2) is 10.1. The van der Waals surface area contributed by atoms with Gasteiger partial charge in [0.05, 0.1) is 0 Å². The van der Waals surface area contributed by atoms with Crippen molar-refractivity contribution in [1.82, 2.24) is 10.2 Å². The van der Waals surface area contributed by atoms with E-state index in [9.17, 15) is 9.59 Å². The van der Waals surface area contributed by atoms with E-state index < -0.39 is 6.04 Å². The lowest BCUT2D eigenvalue weighted by atomic mass is 10.1. The first-order valence-corrected chi connectivity index (χ1v) is 10.0. The molecule has 0 radical (unpaired) electrons. The zero-order valence-electron chi connectivity index (χ0n) is 18.3. The van der Waals surface area contributed by atoms with Crippen LogP contribution in [0.1, 0.15) is 43.0 Å². The smallest absolute Gasteiger partial charge is 0.261 e. The van der Waals surface area contributed by atoms with Gasteiger partial charge in [-0.15, -0.1) is 0 Å². The van der Waals surface area contributed by atoms with Crippen LogP contribution in [0.3, 0.4) is 0 Å². The van der Waals surface area contributed by atoms with E-state index in [4.69, 9.17) is 4.74 Å². The van der Waals surface area contributed by atoms with Crippen molar-refractivity contribution in [3.63, 3.8) is 0 Å². The van der Waals surface area contributed by atoms with Gasteiger partial charge in [-0.05, 0) is 64.3 Å². The molecule has 0 spiro atoms. The highest BCUT2D eigenvalue weighted by molar-refractivity contribution is 5.88. The minimum absolute atomic E-state index is 0.00632. The number of ether oxygens (including phenoxy) is 1. The Labute approximate surface area is 174 Å². The van der Waals surface area contributed by atoms with Gasteiger partial charge in [-0.1, -0.05) is 42.0 Å². The summed E-state index contributed by atoms with van der Waals surface area (Å²) in [5, 5.41) is 2.89. The van der Waals surface area contributed by atoms with Crippen molar-refractivity contribution in [2.75, 3.05) is 6.61 Å². The molecule has 29 heavy (non-hydrogen) atoms. The molecule has 0 saturated heterocycles. The van der Waals surface area contributed by atoms with E-state index >= 15 is 0 Å². The van der Waals surface area contributed by atoms with E-state index in [1.165, 1.54) is 0 Å². The summed E-state index contributed by atoms with van der Waals surface area (Å²) in [4.78, 5) is 27.2. The SMILES string of the molecule is Cc1ccc(OCC(=O)N(Cc2ccccc2C)C(C)C(=O)NC(C)C)c(C)c1. The van der Waals surface area contributed by atoms with Gasteiger partial charge < -0.3 is 15.0 Å². The van der Waals surface area contributed by atoms with E-state index in [0.717, 1.165) is 22.3 Å². The zero-order chi connectivity index (χ0) is 21.6. The maximum Gasteiger partial charge on any atom is 0.261 e. The molecule has 0 aliphatic heterocycles. The molecule has 0 heterocycles. The lowest BCUT2D eigenvalue weighted by Gasteiger charge is -2.30. The van der Waals surface area contributed by atoms with Gasteiger partial charge in [0.2, 0.25) is 5.91 Å². The molecule has 0 saturated carbocycles. The van der Waals surface area contributed by atoms with Gasteiger partial charge >= 0.3 is 0 Å². The Hall–Kier alpha value is -2.82. The summed E-state index contributed by atoms with van der Waals surface area (Å²) >= 11 is 0. The van der Waals surface area contributed by atoms with Crippen molar-refractivity contribution in [3.05, 3.63) is 64.7 Å². The van der Waals surface area contributed by atoms with Crippen molar-refractivity contribution in [2.45, 2.75) is 60.2 Å². The van der Waals surface area contributed by atoms with Crippen LogP contribution in [0.15, 0.2) is 42.5 Å². The van der Waals surface area contributed by atoms with Crippen LogP contribution in [-0.4, -0.2) is 35.4 Å². The van der Waals surface area contributed by atoms with Gasteiger partial charge in [-0.2, -0.15) is 0 Å². The van der Waals surface area contributed by atoms with Crippen LogP contribution in [0.25, 0.3) is 0 Å². The molecule has 0 aliphatic rings. The van der Waals surface area contributed by atoms with E-state index in [-0.39, 0.29) is 24.5 Å². The molecule has 1 atom stereocenters. The maximum atomic E-state index is 13.1. The average molecular weight is 397 g/mol. The first kappa shape index (κ1) is 22.5. The van der Waals surface area contributed by atoms with Crippen molar-refractivity contribution in [2.24, 2.45) is 0 Å². The first-order valence-electron chi connectivity index (χ1n) is 10.0. The zero-order valence-corrected chi connectivity index (χ0v) is 18.3. The number of hydrogen-bond acceptors (Lipinski definition) is 3. The molecule has 1 unspecified atom stereocenters. The molecule has 0 aliphatic carbocycles. The Morgan fingerprint density at radius 2 is 1.69 bits per heavy atom. The van der Waals surface area contributed by atoms with E-state index in [0.29, 0.717) is 12.3 Å². The maximum absolute atomic E-state index is 13.1. The molecule has 5 heteroatoms. The molecule has 2 aromatic rings. The van der Waals surface area contributed by atoms with Crippen LogP contribution in [0.5, 0.6) is 5.75 Å². The number of benzene rings is 2. The summed E-state index contributed by atoms with van der Waals surface area (Å²) in [7, 11) is 0. The number of hydrogen-bond donors (Lipinski definition) is 1. The number of nitrogens with one attached hydrogen (secondary N) is 1. The molecule has 2 rings (SSSR count). The molecule has 2 amide bonds. The van der Waals surface area contributed by atoms with Crippen LogP contribution >= 0.6 is 0 Å². The third-order valence-corrected chi connectivity index (χ3v) is 4.88. The molecular weight excluding hydrogens is 364 g/mol. The predicted molar refractivity (Wildman–Crippen MR) is 116 cm³/mol. The molecule has 2 aromatic carbocycles. The van der Waals surface area contributed by atoms with Crippen LogP contribution < -0.4 is 10.1 Å². The van der Waals surface area contributed by atoms with Crippen molar-refractivity contribution < 1.29 is 14.3 Å². The Morgan fingerprint density at radius 3 is 2.31 bits per heavy atom. The van der Waals surface area contributed by atoms with Crippen LogP contribution in [0.4, 0.5) is 0 Å². The number of aryl methyl sites for hydroxylation is 3. The number of amides is 2. The Morgan fingerprint density at radius 1 is 1.00 bits per heavy atom. The third-order valence-electron chi connectivity index (χ3n) is 4.88. The third kappa shape index (κ3) is 6.34. The fourth-order valence-corrected chi connectivity index (χ4v) is 3.14. The van der Waals surface area contributed by atoms with Crippen molar-refractivity contribution >= 4 is 11.8 Å². The van der Waals surface area contributed by atoms with Gasteiger partial charge in [0, 0.05) is 12.6 Å². The van der Waals surface area contributed by atoms with Gasteiger partial charge in [0.15, 0.2) is 6.61 Å². The molecule has 1 N–H and O–H groups in total. The number of rotatable bonds is 8. The normalized spacial score (nSPS) is 11.8. The topological polar surface area (TPSA) is 58.6 Å². The van der Waals surface area contributed by atoms with E-state index in [1.54, 1.807) is 11.8 Å². The Balaban J connectivity index is 2.19. The minimum Gasteiger partial charge on any atom is -0.483 e. The first-order chi connectivity index (χ1) is 13.7. The summed E-state index contributed by atoms with van der Waals surface area (Å²) in [6.07, 6.45) is 0. The van der Waals surface area contributed by atoms with E-state index in [1.807, 2.05) is 77.1 Å². The van der Waals surface area contributed by atoms with Crippen LogP contribution in [-0.2, 0) is 16.1 Å². The summed E-state index contributed by atoms with van der Waals surface area (Å²) in [5.41, 5.74) is 4.21. The largest absolute Gasteiger partial charge is 0.483 e. The number of carbonyl (C=O) groups excluding carboxylic acids is 2. The molecule has 0 aromatic heterocycles. The number of nitrogens with zero attached hydrogens (tertiary/aromatic N) is 1. The average Bonchev–Trinajstić information content (AvgIpc) is 2.65. The summed E-state index contributed by atoms with van der Waals surface area (Å²) in [6.45, 7) is 11.8. The van der Waals surface area contributed by atoms with Crippen molar-refractivity contribution in [1.29, 1.82) is 0 Å². The van der Waals surface area contributed by atoms with Crippen LogP contribution in [0.2, 0.25) is 0 Å². The molecule has 0 fully saturated rings. The monoisotopic (exact) mass is 396 g/mol. The molecular formula is C24H32N2O3. The fourth-order valence-electron chi connectivity index (χ4n) is 3.14. The lowest BCUT2D eigenvalue weighted by molar-refractivity contribution is -0.142. The van der Waals surface area contributed by atoms with Gasteiger partial charge in [-0.3, -0.25) is 9.59 Å². The predicted octanol–water partition coefficient (Wildman–Crippen LogP) is 3.93. The highest BCUT2D eigenvalue weighted by Gasteiger charge is 2.27.